The van der Waals surface area contributed by atoms with Crippen LogP contribution in [-0.2, 0) is 11.3 Å². The van der Waals surface area contributed by atoms with Gasteiger partial charge >= 0.3 is 0 Å². The summed E-state index contributed by atoms with van der Waals surface area (Å²) in [5.74, 6) is 1.07. The molecule has 1 N–H and O–H groups in total. The van der Waals surface area contributed by atoms with Gasteiger partial charge in [-0.05, 0) is 36.4 Å². The lowest BCUT2D eigenvalue weighted by atomic mass is 10.2. The molecule has 0 aliphatic rings. The van der Waals surface area contributed by atoms with E-state index in [0.717, 1.165) is 0 Å². The molecule has 4 rings (SSSR count). The zero-order chi connectivity index (χ0) is 20.9. The molecule has 2 heterocycles. The molecule has 7 nitrogen and oxygen atoms in total. The fourth-order valence-electron chi connectivity index (χ4n) is 3.02. The lowest BCUT2D eigenvalue weighted by Gasteiger charge is -2.13. The van der Waals surface area contributed by atoms with Gasteiger partial charge in [0, 0.05) is 0 Å². The molecular weight excluding hydrogens is 402 g/mol. The minimum Gasteiger partial charge on any atom is -0.495 e. The molecule has 0 aliphatic carbocycles. The third kappa shape index (κ3) is 4.23. The van der Waals surface area contributed by atoms with Crippen molar-refractivity contribution >= 4 is 34.3 Å². The quantitative estimate of drug-likeness (QED) is 0.361. The smallest absolute Gasteiger partial charge is 0.262 e. The first-order chi connectivity index (χ1) is 14.7. The number of carbonyl (C=O) groups is 1. The maximum absolute atomic E-state index is 13.0. The van der Waals surface area contributed by atoms with Gasteiger partial charge in [-0.3, -0.25) is 14.2 Å². The summed E-state index contributed by atoms with van der Waals surface area (Å²) < 4.78 is 12.2. The molecule has 0 radical (unpaired) electrons. The zero-order valence-corrected chi connectivity index (χ0v) is 17.0. The van der Waals surface area contributed by atoms with E-state index in [1.165, 1.54) is 16.3 Å². The Labute approximate surface area is 176 Å². The van der Waals surface area contributed by atoms with E-state index in [4.69, 9.17) is 9.15 Å². The Morgan fingerprint density at radius 3 is 2.73 bits per heavy atom. The van der Waals surface area contributed by atoms with Gasteiger partial charge in [0.05, 0.1) is 42.3 Å². The highest BCUT2D eigenvalue weighted by atomic mass is 32.2. The van der Waals surface area contributed by atoms with Gasteiger partial charge in [0.25, 0.3) is 5.56 Å². The van der Waals surface area contributed by atoms with Gasteiger partial charge < -0.3 is 14.5 Å². The number of anilines is 1. The van der Waals surface area contributed by atoms with Gasteiger partial charge in [0.1, 0.15) is 11.5 Å². The molecule has 4 aromatic rings. The molecule has 2 aromatic heterocycles. The van der Waals surface area contributed by atoms with E-state index in [2.05, 4.69) is 10.3 Å². The topological polar surface area (TPSA) is 86.4 Å². The third-order valence-corrected chi connectivity index (χ3v) is 5.41. The molecule has 1 amide bonds. The molecule has 0 bridgehead atoms. The molecule has 152 valence electrons. The number of amides is 1. The number of ether oxygens (including phenoxy) is 1. The first kappa shape index (κ1) is 19.8. The number of hydrogen-bond acceptors (Lipinski definition) is 6. The first-order valence-electron chi connectivity index (χ1n) is 9.23. The lowest BCUT2D eigenvalue weighted by Crippen LogP contribution is -2.24. The van der Waals surface area contributed by atoms with Gasteiger partial charge in [-0.15, -0.1) is 0 Å². The third-order valence-electron chi connectivity index (χ3n) is 4.43. The highest BCUT2D eigenvalue weighted by Crippen LogP contribution is 2.24. The maximum Gasteiger partial charge on any atom is 0.262 e. The van der Waals surface area contributed by atoms with E-state index < -0.39 is 0 Å². The number of hydrogen-bond donors (Lipinski definition) is 1. The summed E-state index contributed by atoms with van der Waals surface area (Å²) in [6, 6.07) is 17.9. The Hall–Kier alpha value is -3.52. The molecule has 0 atom stereocenters. The van der Waals surface area contributed by atoms with Crippen LogP contribution in [0.3, 0.4) is 0 Å². The van der Waals surface area contributed by atoms with Crippen LogP contribution < -0.4 is 15.6 Å². The zero-order valence-electron chi connectivity index (χ0n) is 16.2. The molecule has 2 aromatic carbocycles. The van der Waals surface area contributed by atoms with Crippen LogP contribution in [0, 0.1) is 0 Å². The van der Waals surface area contributed by atoms with E-state index >= 15 is 0 Å². The highest BCUT2D eigenvalue weighted by Gasteiger charge is 2.15. The highest BCUT2D eigenvalue weighted by molar-refractivity contribution is 7.99. The maximum atomic E-state index is 13.0. The van der Waals surface area contributed by atoms with Crippen LogP contribution >= 0.6 is 11.8 Å². The Bertz CT molecular complexity index is 1230. The number of aromatic nitrogens is 2. The Morgan fingerprint density at radius 1 is 1.13 bits per heavy atom. The molecule has 0 aliphatic heterocycles. The van der Waals surface area contributed by atoms with Crippen molar-refractivity contribution in [3.8, 4) is 5.75 Å². The van der Waals surface area contributed by atoms with E-state index in [1.54, 1.807) is 55.8 Å². The van der Waals surface area contributed by atoms with Gasteiger partial charge in [-0.25, -0.2) is 4.98 Å². The van der Waals surface area contributed by atoms with E-state index in [9.17, 15) is 9.59 Å². The Kier molecular flexibility index (Phi) is 5.85. The molecule has 0 spiro atoms. The molecule has 0 saturated heterocycles. The van der Waals surface area contributed by atoms with Crippen LogP contribution in [0.25, 0.3) is 10.9 Å². The van der Waals surface area contributed by atoms with Crippen molar-refractivity contribution in [2.45, 2.75) is 11.7 Å². The lowest BCUT2D eigenvalue weighted by molar-refractivity contribution is -0.113. The minimum atomic E-state index is -0.226. The summed E-state index contributed by atoms with van der Waals surface area (Å²) in [4.78, 5) is 30.2. The van der Waals surface area contributed by atoms with Crippen LogP contribution in [0.2, 0.25) is 0 Å². The van der Waals surface area contributed by atoms with Crippen molar-refractivity contribution in [3.05, 3.63) is 83.0 Å². The number of thioether (sulfide) groups is 1. The normalized spacial score (nSPS) is 10.8. The summed E-state index contributed by atoms with van der Waals surface area (Å²) in [6.45, 7) is 0.236. The van der Waals surface area contributed by atoms with Crippen molar-refractivity contribution in [3.63, 3.8) is 0 Å². The number of fused-ring (bicyclic) bond motifs is 1. The minimum absolute atomic E-state index is 0.0843. The molecule has 30 heavy (non-hydrogen) atoms. The van der Waals surface area contributed by atoms with Crippen molar-refractivity contribution in [2.24, 2.45) is 0 Å². The number of methoxy groups -OCH3 is 1. The van der Waals surface area contributed by atoms with Gasteiger partial charge in [-0.2, -0.15) is 0 Å². The predicted octanol–water partition coefficient (Wildman–Crippen LogP) is 3.78. The van der Waals surface area contributed by atoms with E-state index in [-0.39, 0.29) is 23.8 Å². The molecule has 0 unspecified atom stereocenters. The second kappa shape index (κ2) is 8.87. The van der Waals surface area contributed by atoms with Crippen LogP contribution in [0.5, 0.6) is 5.75 Å². The number of para-hydroxylation sites is 3. The van der Waals surface area contributed by atoms with Crippen molar-refractivity contribution < 1.29 is 13.9 Å². The van der Waals surface area contributed by atoms with Crippen molar-refractivity contribution in [2.75, 3.05) is 18.2 Å². The number of nitrogens with zero attached hydrogens (tertiary/aromatic N) is 2. The summed E-state index contributed by atoms with van der Waals surface area (Å²) in [6.07, 6.45) is 1.56. The molecule has 8 heteroatoms. The van der Waals surface area contributed by atoms with Gasteiger partial charge in [-0.1, -0.05) is 36.0 Å². The largest absolute Gasteiger partial charge is 0.495 e. The fraction of sp³-hybridized carbons (Fsp3) is 0.136. The summed E-state index contributed by atoms with van der Waals surface area (Å²) >= 11 is 1.20. The molecular formula is C22H19N3O4S. The Balaban J connectivity index is 1.59. The Morgan fingerprint density at radius 2 is 1.93 bits per heavy atom. The summed E-state index contributed by atoms with van der Waals surface area (Å²) in [7, 11) is 1.55. The SMILES string of the molecule is COc1ccccc1NC(=O)CSc1nc2ccccc2c(=O)n1Cc1ccco1. The van der Waals surface area contributed by atoms with Gasteiger partial charge in [0.15, 0.2) is 5.16 Å². The average Bonchev–Trinajstić information content (AvgIpc) is 3.28. The predicted molar refractivity (Wildman–Crippen MR) is 116 cm³/mol. The van der Waals surface area contributed by atoms with Crippen LogP contribution in [-0.4, -0.2) is 28.3 Å². The summed E-state index contributed by atoms with van der Waals surface area (Å²) in [5.41, 5.74) is 1.00. The van der Waals surface area contributed by atoms with Crippen molar-refractivity contribution in [1.82, 2.24) is 9.55 Å². The van der Waals surface area contributed by atoms with Crippen LogP contribution in [0.1, 0.15) is 5.76 Å². The monoisotopic (exact) mass is 421 g/mol. The van der Waals surface area contributed by atoms with E-state index in [1.807, 2.05) is 18.2 Å². The number of nitrogens with one attached hydrogen (secondary N) is 1. The first-order valence-corrected chi connectivity index (χ1v) is 10.2. The standard InChI is InChI=1S/C22H19N3O4S/c1-28-19-11-5-4-10-18(19)23-20(26)14-30-22-24-17-9-3-2-8-16(17)21(27)25(22)13-15-7-6-12-29-15/h2-12H,13-14H2,1H3,(H,23,26). The molecule has 0 saturated carbocycles. The van der Waals surface area contributed by atoms with Crippen LogP contribution in [0.15, 0.2) is 81.3 Å². The summed E-state index contributed by atoms with van der Waals surface area (Å²) in [5, 5.41) is 3.80. The van der Waals surface area contributed by atoms with Crippen LogP contribution in [0.4, 0.5) is 5.69 Å². The second-order valence-electron chi connectivity index (χ2n) is 6.42. The van der Waals surface area contributed by atoms with Crippen molar-refractivity contribution in [1.29, 1.82) is 0 Å². The number of furan rings is 1. The number of benzene rings is 2. The van der Waals surface area contributed by atoms with Gasteiger partial charge in [0.2, 0.25) is 5.91 Å². The number of rotatable bonds is 7. The fourth-order valence-corrected chi connectivity index (χ4v) is 3.82. The van der Waals surface area contributed by atoms with E-state index in [0.29, 0.717) is 33.3 Å². The average molecular weight is 421 g/mol. The molecule has 0 fully saturated rings. The second-order valence-corrected chi connectivity index (χ2v) is 7.36. The number of carbonyl (C=O) groups excluding carboxylic acids is 1.